The van der Waals surface area contributed by atoms with Gasteiger partial charge in [0.1, 0.15) is 5.82 Å². The van der Waals surface area contributed by atoms with Crippen LogP contribution >= 0.6 is 0 Å². The van der Waals surface area contributed by atoms with Crippen molar-refractivity contribution in [1.29, 1.82) is 0 Å². The Hall–Kier alpha value is -1.37. The molecule has 1 aliphatic rings. The van der Waals surface area contributed by atoms with Crippen LogP contribution in [-0.4, -0.2) is 46.6 Å². The Morgan fingerprint density at radius 2 is 1.55 bits per heavy atom. The molecule has 0 aliphatic carbocycles. The molecule has 0 N–H and O–H groups in total. The maximum Gasteiger partial charge on any atom is 0.434 e. The van der Waals surface area contributed by atoms with Gasteiger partial charge in [0.15, 0.2) is 5.69 Å². The molecular weight excluding hydrogens is 269 g/mol. The van der Waals surface area contributed by atoms with Crippen LogP contribution in [0.15, 0.2) is 12.4 Å². The molecule has 2 rings (SSSR count). The van der Waals surface area contributed by atoms with Gasteiger partial charge >= 0.3 is 6.18 Å². The number of anilines is 1. The zero-order valence-corrected chi connectivity index (χ0v) is 11.9. The minimum absolute atomic E-state index is 0.109. The van der Waals surface area contributed by atoms with Gasteiger partial charge in [-0.05, 0) is 20.8 Å². The van der Waals surface area contributed by atoms with Gasteiger partial charge in [-0.2, -0.15) is 13.2 Å². The summed E-state index contributed by atoms with van der Waals surface area (Å²) in [5.74, 6) is 0.506. The van der Waals surface area contributed by atoms with Crippen molar-refractivity contribution in [3.63, 3.8) is 0 Å². The Morgan fingerprint density at radius 1 is 0.950 bits per heavy atom. The number of aromatic nitrogens is 2. The van der Waals surface area contributed by atoms with Gasteiger partial charge in [0.05, 0.1) is 12.4 Å². The Kier molecular flexibility index (Phi) is 3.90. The lowest BCUT2D eigenvalue weighted by Gasteiger charge is -2.42. The Balaban J connectivity index is 2.01. The van der Waals surface area contributed by atoms with Crippen LogP contribution in [0.1, 0.15) is 26.5 Å². The molecule has 1 aromatic rings. The van der Waals surface area contributed by atoms with Gasteiger partial charge in [0.25, 0.3) is 0 Å². The van der Waals surface area contributed by atoms with Crippen LogP contribution in [0.25, 0.3) is 0 Å². The zero-order valence-electron chi connectivity index (χ0n) is 11.9. The molecule has 2 heterocycles. The minimum atomic E-state index is -4.43. The second-order valence-corrected chi connectivity index (χ2v) is 5.90. The van der Waals surface area contributed by atoms with Crippen molar-refractivity contribution in [3.05, 3.63) is 18.1 Å². The number of rotatable bonds is 1. The van der Waals surface area contributed by atoms with E-state index < -0.39 is 11.9 Å². The van der Waals surface area contributed by atoms with E-state index in [1.165, 1.54) is 6.20 Å². The number of hydrogen-bond acceptors (Lipinski definition) is 4. The lowest BCUT2D eigenvalue weighted by atomic mass is 10.1. The van der Waals surface area contributed by atoms with Crippen LogP contribution in [0.2, 0.25) is 0 Å². The molecule has 0 unspecified atom stereocenters. The molecule has 0 amide bonds. The molecule has 112 valence electrons. The van der Waals surface area contributed by atoms with Gasteiger partial charge in [-0.15, -0.1) is 0 Å². The Morgan fingerprint density at radius 3 is 1.95 bits per heavy atom. The number of halogens is 3. The summed E-state index contributed by atoms with van der Waals surface area (Å²) in [7, 11) is 0. The van der Waals surface area contributed by atoms with Gasteiger partial charge < -0.3 is 4.90 Å². The Bertz CT molecular complexity index is 442. The van der Waals surface area contributed by atoms with Crippen molar-refractivity contribution in [3.8, 4) is 0 Å². The monoisotopic (exact) mass is 288 g/mol. The maximum atomic E-state index is 12.4. The van der Waals surface area contributed by atoms with E-state index in [1.807, 2.05) is 4.90 Å². The van der Waals surface area contributed by atoms with Crippen molar-refractivity contribution in [1.82, 2.24) is 14.9 Å². The van der Waals surface area contributed by atoms with E-state index in [4.69, 9.17) is 0 Å². The number of nitrogens with zero attached hydrogens (tertiary/aromatic N) is 4. The first kappa shape index (κ1) is 15.0. The molecule has 0 radical (unpaired) electrons. The fraction of sp³-hybridized carbons (Fsp3) is 0.692. The summed E-state index contributed by atoms with van der Waals surface area (Å²) in [4.78, 5) is 11.6. The zero-order chi connectivity index (χ0) is 15.0. The normalized spacial score (nSPS) is 18.4. The third kappa shape index (κ3) is 3.39. The van der Waals surface area contributed by atoms with Gasteiger partial charge in [0.2, 0.25) is 0 Å². The van der Waals surface area contributed by atoms with E-state index in [9.17, 15) is 13.2 Å². The van der Waals surface area contributed by atoms with E-state index in [1.54, 1.807) is 0 Å². The molecule has 1 aliphatic heterocycles. The average molecular weight is 288 g/mol. The molecule has 4 nitrogen and oxygen atoms in total. The van der Waals surface area contributed by atoms with Gasteiger partial charge in [-0.3, -0.25) is 4.90 Å². The van der Waals surface area contributed by atoms with Gasteiger partial charge in [-0.25, -0.2) is 9.97 Å². The van der Waals surface area contributed by atoms with E-state index >= 15 is 0 Å². The second-order valence-electron chi connectivity index (χ2n) is 5.90. The van der Waals surface area contributed by atoms with Crippen molar-refractivity contribution in [2.24, 2.45) is 0 Å². The van der Waals surface area contributed by atoms with Crippen LogP contribution in [0, 0.1) is 0 Å². The predicted molar refractivity (Wildman–Crippen MR) is 70.6 cm³/mol. The molecular formula is C13H19F3N4. The average Bonchev–Trinajstić information content (AvgIpc) is 2.37. The Labute approximate surface area is 116 Å². The van der Waals surface area contributed by atoms with E-state index in [-0.39, 0.29) is 5.54 Å². The highest BCUT2D eigenvalue weighted by molar-refractivity contribution is 5.36. The summed E-state index contributed by atoms with van der Waals surface area (Å²) in [6.07, 6.45) is -2.43. The third-order valence-electron chi connectivity index (χ3n) is 3.48. The molecule has 20 heavy (non-hydrogen) atoms. The maximum absolute atomic E-state index is 12.4. The quantitative estimate of drug-likeness (QED) is 0.794. The summed E-state index contributed by atoms with van der Waals surface area (Å²) in [6.45, 7) is 9.69. The SMILES string of the molecule is CC(C)(C)N1CCN(c2cnc(C(F)(F)F)cn2)CC1. The number of piperazine rings is 1. The molecule has 0 aromatic carbocycles. The van der Waals surface area contributed by atoms with Crippen LogP contribution in [0.3, 0.4) is 0 Å². The smallest absolute Gasteiger partial charge is 0.353 e. The largest absolute Gasteiger partial charge is 0.434 e. The first-order chi connectivity index (χ1) is 9.18. The standard InChI is InChI=1S/C13H19F3N4/c1-12(2,3)20-6-4-19(5-7-20)11-9-17-10(8-18-11)13(14,15)16/h8-9H,4-7H2,1-3H3. The lowest BCUT2D eigenvalue weighted by Crippen LogP contribution is -2.53. The van der Waals surface area contributed by atoms with Crippen molar-refractivity contribution in [2.75, 3.05) is 31.1 Å². The topological polar surface area (TPSA) is 32.3 Å². The molecule has 0 saturated carbocycles. The number of alkyl halides is 3. The summed E-state index contributed by atoms with van der Waals surface area (Å²) in [5.41, 5.74) is -0.840. The first-order valence-electron chi connectivity index (χ1n) is 6.57. The molecule has 7 heteroatoms. The van der Waals surface area contributed by atoms with E-state index in [2.05, 4.69) is 35.6 Å². The summed E-state index contributed by atoms with van der Waals surface area (Å²) < 4.78 is 37.3. The third-order valence-corrected chi connectivity index (χ3v) is 3.48. The van der Waals surface area contributed by atoms with Crippen LogP contribution in [0.4, 0.5) is 19.0 Å². The van der Waals surface area contributed by atoms with E-state index in [0.29, 0.717) is 5.82 Å². The lowest BCUT2D eigenvalue weighted by molar-refractivity contribution is -0.141. The first-order valence-corrected chi connectivity index (χ1v) is 6.57. The fourth-order valence-electron chi connectivity index (χ4n) is 2.24. The predicted octanol–water partition coefficient (Wildman–Crippen LogP) is 2.42. The summed E-state index contributed by atoms with van der Waals surface area (Å²) >= 11 is 0. The highest BCUT2D eigenvalue weighted by Gasteiger charge is 2.33. The molecule has 0 spiro atoms. The molecule has 0 atom stereocenters. The van der Waals surface area contributed by atoms with Crippen LogP contribution in [0.5, 0.6) is 0 Å². The van der Waals surface area contributed by atoms with Crippen LogP contribution in [-0.2, 0) is 6.18 Å². The van der Waals surface area contributed by atoms with Crippen molar-refractivity contribution in [2.45, 2.75) is 32.5 Å². The van der Waals surface area contributed by atoms with Gasteiger partial charge in [0, 0.05) is 31.7 Å². The molecule has 1 saturated heterocycles. The molecule has 0 bridgehead atoms. The fourth-order valence-corrected chi connectivity index (χ4v) is 2.24. The summed E-state index contributed by atoms with van der Waals surface area (Å²) in [5, 5.41) is 0. The van der Waals surface area contributed by atoms with Crippen molar-refractivity contribution < 1.29 is 13.2 Å². The molecule has 1 fully saturated rings. The molecule has 1 aromatic heterocycles. The second kappa shape index (κ2) is 5.20. The van der Waals surface area contributed by atoms with Gasteiger partial charge in [-0.1, -0.05) is 0 Å². The minimum Gasteiger partial charge on any atom is -0.353 e. The van der Waals surface area contributed by atoms with Crippen LogP contribution < -0.4 is 4.90 Å². The van der Waals surface area contributed by atoms with Crippen molar-refractivity contribution >= 4 is 5.82 Å². The highest BCUT2D eigenvalue weighted by Crippen LogP contribution is 2.27. The van der Waals surface area contributed by atoms with E-state index in [0.717, 1.165) is 32.4 Å². The number of hydrogen-bond donors (Lipinski definition) is 0. The summed E-state index contributed by atoms with van der Waals surface area (Å²) in [6, 6.07) is 0. The highest BCUT2D eigenvalue weighted by atomic mass is 19.4.